The summed E-state index contributed by atoms with van der Waals surface area (Å²) in [4.78, 5) is 23.3. The molecule has 2 rings (SSSR count). The number of aliphatic carboxylic acids is 1. The van der Waals surface area contributed by atoms with Gasteiger partial charge >= 0.3 is 5.97 Å². The first-order valence-electron chi connectivity index (χ1n) is 6.39. The van der Waals surface area contributed by atoms with Gasteiger partial charge in [0.05, 0.1) is 5.92 Å². The van der Waals surface area contributed by atoms with E-state index >= 15 is 0 Å². The van der Waals surface area contributed by atoms with E-state index in [0.29, 0.717) is 16.1 Å². The zero-order valence-corrected chi connectivity index (χ0v) is 11.9. The van der Waals surface area contributed by atoms with E-state index in [2.05, 4.69) is 5.32 Å². The van der Waals surface area contributed by atoms with Crippen molar-refractivity contribution in [2.45, 2.75) is 5.92 Å². The Morgan fingerprint density at radius 1 is 1.05 bits per heavy atom. The first-order valence-corrected chi connectivity index (χ1v) is 6.77. The first kappa shape index (κ1) is 15.1. The van der Waals surface area contributed by atoms with Crippen molar-refractivity contribution in [1.29, 1.82) is 0 Å². The Balaban J connectivity index is 2.04. The largest absolute Gasteiger partial charge is 0.481 e. The number of carboxylic acid groups (broad SMARTS) is 1. The Hall–Kier alpha value is -2.33. The Morgan fingerprint density at radius 2 is 1.67 bits per heavy atom. The van der Waals surface area contributed by atoms with Crippen molar-refractivity contribution >= 4 is 23.5 Å². The van der Waals surface area contributed by atoms with Gasteiger partial charge < -0.3 is 10.4 Å². The molecule has 0 aromatic heterocycles. The van der Waals surface area contributed by atoms with Gasteiger partial charge in [0.15, 0.2) is 0 Å². The molecule has 1 atom stereocenters. The molecule has 2 aromatic rings. The zero-order chi connectivity index (χ0) is 15.2. The number of benzene rings is 2. The predicted octanol–water partition coefficient (Wildman–Crippen LogP) is 2.94. The van der Waals surface area contributed by atoms with E-state index in [9.17, 15) is 14.7 Å². The highest BCUT2D eigenvalue weighted by Crippen LogP contribution is 2.15. The molecular weight excluding hydrogens is 290 g/mol. The maximum atomic E-state index is 12.0. The number of nitrogens with one attached hydrogen (secondary N) is 1. The smallest absolute Gasteiger partial charge is 0.312 e. The highest BCUT2D eigenvalue weighted by atomic mass is 35.5. The fourth-order valence-electron chi connectivity index (χ4n) is 1.93. The molecule has 2 aromatic carbocycles. The molecule has 1 unspecified atom stereocenters. The highest BCUT2D eigenvalue weighted by Gasteiger charge is 2.20. The first-order chi connectivity index (χ1) is 10.1. The van der Waals surface area contributed by atoms with E-state index < -0.39 is 11.9 Å². The molecule has 0 aliphatic heterocycles. The van der Waals surface area contributed by atoms with Crippen LogP contribution < -0.4 is 5.32 Å². The number of carboxylic acids is 1. The maximum absolute atomic E-state index is 12.0. The highest BCUT2D eigenvalue weighted by molar-refractivity contribution is 6.30. The van der Waals surface area contributed by atoms with Crippen LogP contribution in [0.1, 0.15) is 21.8 Å². The Kier molecular flexibility index (Phi) is 4.95. The number of rotatable bonds is 5. The van der Waals surface area contributed by atoms with Crippen LogP contribution in [0, 0.1) is 0 Å². The Bertz CT molecular complexity index is 626. The van der Waals surface area contributed by atoms with Gasteiger partial charge in [0.1, 0.15) is 0 Å². The minimum Gasteiger partial charge on any atom is -0.481 e. The van der Waals surface area contributed by atoms with Crippen molar-refractivity contribution in [1.82, 2.24) is 5.32 Å². The van der Waals surface area contributed by atoms with E-state index in [-0.39, 0.29) is 12.5 Å². The third kappa shape index (κ3) is 4.07. The average Bonchev–Trinajstić information content (AvgIpc) is 2.48. The summed E-state index contributed by atoms with van der Waals surface area (Å²) in [5.74, 6) is -2.08. The molecule has 5 heteroatoms. The van der Waals surface area contributed by atoms with E-state index in [1.165, 1.54) is 0 Å². The second-order valence-electron chi connectivity index (χ2n) is 4.52. The molecule has 0 saturated carbocycles. The molecule has 21 heavy (non-hydrogen) atoms. The molecule has 2 N–H and O–H groups in total. The van der Waals surface area contributed by atoms with Crippen LogP contribution in [-0.4, -0.2) is 23.5 Å². The summed E-state index contributed by atoms with van der Waals surface area (Å²) in [6.45, 7) is 0.0286. The maximum Gasteiger partial charge on any atom is 0.312 e. The van der Waals surface area contributed by atoms with Crippen LogP contribution >= 0.6 is 11.6 Å². The van der Waals surface area contributed by atoms with Gasteiger partial charge in [-0.2, -0.15) is 0 Å². The van der Waals surface area contributed by atoms with E-state index in [4.69, 9.17) is 11.6 Å². The summed E-state index contributed by atoms with van der Waals surface area (Å²) < 4.78 is 0. The van der Waals surface area contributed by atoms with Gasteiger partial charge in [-0.3, -0.25) is 9.59 Å². The molecule has 0 radical (unpaired) electrons. The van der Waals surface area contributed by atoms with Gasteiger partial charge in [0, 0.05) is 17.1 Å². The Labute approximate surface area is 127 Å². The van der Waals surface area contributed by atoms with Gasteiger partial charge in [-0.25, -0.2) is 0 Å². The fourth-order valence-corrected chi connectivity index (χ4v) is 2.06. The van der Waals surface area contributed by atoms with Gasteiger partial charge in [0.2, 0.25) is 0 Å². The van der Waals surface area contributed by atoms with Crippen LogP contribution in [0.5, 0.6) is 0 Å². The monoisotopic (exact) mass is 303 g/mol. The van der Waals surface area contributed by atoms with Crippen molar-refractivity contribution in [3.05, 3.63) is 70.7 Å². The lowest BCUT2D eigenvalue weighted by Gasteiger charge is -2.13. The van der Waals surface area contributed by atoms with Gasteiger partial charge in [-0.15, -0.1) is 0 Å². The van der Waals surface area contributed by atoms with Gasteiger partial charge in [0.25, 0.3) is 5.91 Å². The Morgan fingerprint density at radius 3 is 2.24 bits per heavy atom. The SMILES string of the molecule is O=C(NCC(C(=O)O)c1ccccc1)c1ccc(Cl)cc1. The molecule has 0 aliphatic rings. The summed E-state index contributed by atoms with van der Waals surface area (Å²) in [7, 11) is 0. The summed E-state index contributed by atoms with van der Waals surface area (Å²) in [5, 5.41) is 12.5. The lowest BCUT2D eigenvalue weighted by atomic mass is 9.99. The molecule has 0 aliphatic carbocycles. The summed E-state index contributed by atoms with van der Waals surface area (Å²) in [6.07, 6.45) is 0. The number of halogens is 1. The average molecular weight is 304 g/mol. The van der Waals surface area contributed by atoms with Crippen molar-refractivity contribution < 1.29 is 14.7 Å². The topological polar surface area (TPSA) is 66.4 Å². The van der Waals surface area contributed by atoms with Crippen LogP contribution in [-0.2, 0) is 4.79 Å². The number of amides is 1. The van der Waals surface area contributed by atoms with Crippen LogP contribution in [0.3, 0.4) is 0 Å². The van der Waals surface area contributed by atoms with Crippen molar-refractivity contribution in [3.63, 3.8) is 0 Å². The molecule has 0 heterocycles. The third-order valence-corrected chi connectivity index (χ3v) is 3.33. The van der Waals surface area contributed by atoms with Gasteiger partial charge in [-0.1, -0.05) is 41.9 Å². The molecule has 0 spiro atoms. The van der Waals surface area contributed by atoms with E-state index in [1.54, 1.807) is 48.5 Å². The minimum atomic E-state index is -0.974. The van der Waals surface area contributed by atoms with Crippen LogP contribution in [0.4, 0.5) is 0 Å². The van der Waals surface area contributed by atoms with Crippen LogP contribution in [0.2, 0.25) is 5.02 Å². The second-order valence-corrected chi connectivity index (χ2v) is 4.95. The summed E-state index contributed by atoms with van der Waals surface area (Å²) >= 11 is 5.76. The lowest BCUT2D eigenvalue weighted by molar-refractivity contribution is -0.138. The minimum absolute atomic E-state index is 0.0286. The quantitative estimate of drug-likeness (QED) is 0.892. The standard InChI is InChI=1S/C16H14ClNO3/c17-13-8-6-12(7-9-13)15(19)18-10-14(16(20)21)11-4-2-1-3-5-11/h1-9,14H,10H2,(H,18,19)(H,20,21). The van der Waals surface area contributed by atoms with Crippen molar-refractivity contribution in [2.75, 3.05) is 6.54 Å². The van der Waals surface area contributed by atoms with Crippen molar-refractivity contribution in [2.24, 2.45) is 0 Å². The predicted molar refractivity (Wildman–Crippen MR) is 80.6 cm³/mol. The van der Waals surface area contributed by atoms with Crippen LogP contribution in [0.25, 0.3) is 0 Å². The van der Waals surface area contributed by atoms with E-state index in [1.807, 2.05) is 6.07 Å². The summed E-state index contributed by atoms with van der Waals surface area (Å²) in [5.41, 5.74) is 1.10. The molecule has 1 amide bonds. The molecule has 0 saturated heterocycles. The lowest BCUT2D eigenvalue weighted by Crippen LogP contribution is -2.31. The number of carbonyl (C=O) groups excluding carboxylic acids is 1. The fraction of sp³-hybridized carbons (Fsp3) is 0.125. The molecular formula is C16H14ClNO3. The normalized spacial score (nSPS) is 11.7. The van der Waals surface area contributed by atoms with Crippen LogP contribution in [0.15, 0.2) is 54.6 Å². The third-order valence-electron chi connectivity index (χ3n) is 3.07. The zero-order valence-electron chi connectivity index (χ0n) is 11.1. The molecule has 0 bridgehead atoms. The van der Waals surface area contributed by atoms with Gasteiger partial charge in [-0.05, 0) is 29.8 Å². The second kappa shape index (κ2) is 6.90. The number of carbonyl (C=O) groups is 2. The van der Waals surface area contributed by atoms with E-state index in [0.717, 1.165) is 0 Å². The number of hydrogen-bond acceptors (Lipinski definition) is 2. The van der Waals surface area contributed by atoms with Crippen molar-refractivity contribution in [3.8, 4) is 0 Å². The number of hydrogen-bond donors (Lipinski definition) is 2. The molecule has 0 fully saturated rings. The molecule has 4 nitrogen and oxygen atoms in total. The molecule has 108 valence electrons. The summed E-state index contributed by atoms with van der Waals surface area (Å²) in [6, 6.07) is 15.2.